The summed E-state index contributed by atoms with van der Waals surface area (Å²) in [7, 11) is -2.10. The van der Waals surface area contributed by atoms with Crippen molar-refractivity contribution < 1.29 is 17.9 Å². The lowest BCUT2D eigenvalue weighted by atomic mass is 9.87. The van der Waals surface area contributed by atoms with Crippen molar-refractivity contribution in [2.24, 2.45) is 11.1 Å². The molecule has 8 heteroatoms. The Morgan fingerprint density at radius 1 is 1.33 bits per heavy atom. The Balaban J connectivity index is 2.74. The summed E-state index contributed by atoms with van der Waals surface area (Å²) >= 11 is 0. The van der Waals surface area contributed by atoms with E-state index in [-0.39, 0.29) is 29.3 Å². The fraction of sp³-hybridized carbons (Fsp3) is 0.562. The molecule has 1 rings (SSSR count). The lowest BCUT2D eigenvalue weighted by Crippen LogP contribution is -2.48. The van der Waals surface area contributed by atoms with Gasteiger partial charge in [0, 0.05) is 20.2 Å². The van der Waals surface area contributed by atoms with Crippen LogP contribution >= 0.6 is 0 Å². The van der Waals surface area contributed by atoms with E-state index in [0.29, 0.717) is 12.2 Å². The number of ether oxygens (including phenoxy) is 1. The zero-order chi connectivity index (χ0) is 18.4. The standard InChI is InChI=1S/C16H27N3O4S/c1-16(2,3)14(17)15(20)18-11-12-6-5-7-13(10-12)24(21,22)19-8-9-23-4/h5-7,10,14,19H,8-9,11,17H2,1-4H3,(H,18,20)/t14-/m1/s1. The van der Waals surface area contributed by atoms with E-state index in [1.807, 2.05) is 20.8 Å². The molecule has 136 valence electrons. The number of hydrogen-bond acceptors (Lipinski definition) is 5. The normalized spacial score (nSPS) is 13.5. The number of carbonyl (C=O) groups is 1. The summed E-state index contributed by atoms with van der Waals surface area (Å²) in [6.45, 7) is 6.35. The average Bonchev–Trinajstić information content (AvgIpc) is 2.51. The van der Waals surface area contributed by atoms with Crippen molar-refractivity contribution in [2.45, 2.75) is 38.3 Å². The average molecular weight is 357 g/mol. The van der Waals surface area contributed by atoms with Gasteiger partial charge >= 0.3 is 0 Å². The minimum atomic E-state index is -3.60. The molecular formula is C16H27N3O4S. The monoisotopic (exact) mass is 357 g/mol. The van der Waals surface area contributed by atoms with Crippen LogP contribution in [0.15, 0.2) is 29.2 Å². The van der Waals surface area contributed by atoms with Crippen molar-refractivity contribution in [2.75, 3.05) is 20.3 Å². The summed E-state index contributed by atoms with van der Waals surface area (Å²) in [5.41, 5.74) is 6.23. The fourth-order valence-corrected chi connectivity index (χ4v) is 2.96. The molecule has 24 heavy (non-hydrogen) atoms. The van der Waals surface area contributed by atoms with E-state index in [0.717, 1.165) is 0 Å². The summed E-state index contributed by atoms with van der Waals surface area (Å²) < 4.78 is 31.6. The third kappa shape index (κ3) is 6.20. The molecule has 0 radical (unpaired) electrons. The number of methoxy groups -OCH3 is 1. The SMILES string of the molecule is COCCNS(=O)(=O)c1cccc(CNC(=O)[C@@H](N)C(C)(C)C)c1. The second-order valence-corrected chi connectivity index (χ2v) is 8.37. The van der Waals surface area contributed by atoms with Gasteiger partial charge in [-0.2, -0.15) is 0 Å². The van der Waals surface area contributed by atoms with Gasteiger partial charge in [-0.3, -0.25) is 4.79 Å². The molecule has 0 aliphatic rings. The van der Waals surface area contributed by atoms with Gasteiger partial charge < -0.3 is 15.8 Å². The summed E-state index contributed by atoms with van der Waals surface area (Å²) in [5, 5.41) is 2.74. The topological polar surface area (TPSA) is 111 Å². The first-order valence-corrected chi connectivity index (χ1v) is 9.17. The van der Waals surface area contributed by atoms with Crippen molar-refractivity contribution in [3.05, 3.63) is 29.8 Å². The largest absolute Gasteiger partial charge is 0.383 e. The molecule has 0 saturated carbocycles. The van der Waals surface area contributed by atoms with E-state index in [9.17, 15) is 13.2 Å². The van der Waals surface area contributed by atoms with Gasteiger partial charge in [-0.25, -0.2) is 13.1 Å². The zero-order valence-electron chi connectivity index (χ0n) is 14.6. The van der Waals surface area contributed by atoms with Crippen LogP contribution in [0, 0.1) is 5.41 Å². The van der Waals surface area contributed by atoms with E-state index in [4.69, 9.17) is 10.5 Å². The maximum atomic E-state index is 12.2. The number of carbonyl (C=O) groups excluding carboxylic acids is 1. The summed E-state index contributed by atoms with van der Waals surface area (Å²) in [5.74, 6) is -0.269. The Labute approximate surface area is 144 Å². The van der Waals surface area contributed by atoms with Crippen molar-refractivity contribution in [3.8, 4) is 0 Å². The Hall–Kier alpha value is -1.48. The predicted octanol–water partition coefficient (Wildman–Crippen LogP) is 0.601. The predicted molar refractivity (Wildman–Crippen MR) is 92.8 cm³/mol. The van der Waals surface area contributed by atoms with Gasteiger partial charge in [0.15, 0.2) is 0 Å². The second-order valence-electron chi connectivity index (χ2n) is 6.60. The second kappa shape index (κ2) is 8.57. The number of nitrogens with two attached hydrogens (primary N) is 1. The summed E-state index contributed by atoms with van der Waals surface area (Å²) in [6.07, 6.45) is 0. The van der Waals surface area contributed by atoms with Crippen LogP contribution in [0.5, 0.6) is 0 Å². The molecule has 0 bridgehead atoms. The lowest BCUT2D eigenvalue weighted by molar-refractivity contribution is -0.124. The third-order valence-corrected chi connectivity index (χ3v) is 4.95. The molecule has 0 spiro atoms. The molecule has 7 nitrogen and oxygen atoms in total. The molecule has 1 aromatic carbocycles. The number of benzene rings is 1. The summed E-state index contributed by atoms with van der Waals surface area (Å²) in [6, 6.07) is 5.77. The van der Waals surface area contributed by atoms with Crippen LogP contribution in [0.2, 0.25) is 0 Å². The minimum Gasteiger partial charge on any atom is -0.383 e. The Morgan fingerprint density at radius 3 is 2.58 bits per heavy atom. The van der Waals surface area contributed by atoms with Crippen LogP contribution in [0.3, 0.4) is 0 Å². The van der Waals surface area contributed by atoms with E-state index < -0.39 is 16.1 Å². The molecule has 0 fully saturated rings. The van der Waals surface area contributed by atoms with Crippen LogP contribution in [0.4, 0.5) is 0 Å². The summed E-state index contributed by atoms with van der Waals surface area (Å²) in [4.78, 5) is 12.2. The number of amides is 1. The molecule has 0 aromatic heterocycles. The molecule has 1 atom stereocenters. The highest BCUT2D eigenvalue weighted by atomic mass is 32.2. The van der Waals surface area contributed by atoms with Gasteiger partial charge in [0.2, 0.25) is 15.9 Å². The Kier molecular flexibility index (Phi) is 7.34. The van der Waals surface area contributed by atoms with Gasteiger partial charge in [-0.05, 0) is 23.1 Å². The third-order valence-electron chi connectivity index (χ3n) is 3.49. The highest BCUT2D eigenvalue weighted by Gasteiger charge is 2.27. The fourth-order valence-electron chi connectivity index (χ4n) is 1.88. The maximum absolute atomic E-state index is 12.2. The molecule has 0 heterocycles. The van der Waals surface area contributed by atoms with Crippen LogP contribution in [0.25, 0.3) is 0 Å². The van der Waals surface area contributed by atoms with Gasteiger partial charge in [0.25, 0.3) is 0 Å². The van der Waals surface area contributed by atoms with Crippen molar-refractivity contribution >= 4 is 15.9 Å². The highest BCUT2D eigenvalue weighted by molar-refractivity contribution is 7.89. The van der Waals surface area contributed by atoms with Crippen molar-refractivity contribution in [1.82, 2.24) is 10.0 Å². The number of nitrogens with one attached hydrogen (secondary N) is 2. The number of rotatable bonds is 8. The van der Waals surface area contributed by atoms with E-state index in [2.05, 4.69) is 10.0 Å². The number of hydrogen-bond donors (Lipinski definition) is 3. The van der Waals surface area contributed by atoms with Crippen molar-refractivity contribution in [1.29, 1.82) is 0 Å². The Morgan fingerprint density at radius 2 is 2.00 bits per heavy atom. The van der Waals surface area contributed by atoms with Gasteiger partial charge in [0.1, 0.15) is 0 Å². The molecule has 1 aromatic rings. The van der Waals surface area contributed by atoms with E-state index >= 15 is 0 Å². The lowest BCUT2D eigenvalue weighted by Gasteiger charge is -2.25. The molecule has 4 N–H and O–H groups in total. The van der Waals surface area contributed by atoms with Crippen LogP contribution in [0.1, 0.15) is 26.3 Å². The van der Waals surface area contributed by atoms with Crippen LogP contribution in [-0.4, -0.2) is 40.6 Å². The first-order valence-electron chi connectivity index (χ1n) is 7.69. The molecule has 1 amide bonds. The molecule has 0 saturated heterocycles. The highest BCUT2D eigenvalue weighted by Crippen LogP contribution is 2.17. The van der Waals surface area contributed by atoms with E-state index in [1.54, 1.807) is 12.1 Å². The maximum Gasteiger partial charge on any atom is 0.240 e. The first kappa shape index (κ1) is 20.6. The molecule has 0 aliphatic heterocycles. The minimum absolute atomic E-state index is 0.144. The first-order chi connectivity index (χ1) is 11.1. The quantitative estimate of drug-likeness (QED) is 0.590. The van der Waals surface area contributed by atoms with Gasteiger partial charge in [-0.15, -0.1) is 0 Å². The van der Waals surface area contributed by atoms with Crippen LogP contribution < -0.4 is 15.8 Å². The Bertz CT molecular complexity index is 654. The number of sulfonamides is 1. The smallest absolute Gasteiger partial charge is 0.240 e. The van der Waals surface area contributed by atoms with Crippen LogP contribution in [-0.2, 0) is 26.1 Å². The zero-order valence-corrected chi connectivity index (χ0v) is 15.4. The van der Waals surface area contributed by atoms with Gasteiger partial charge in [-0.1, -0.05) is 32.9 Å². The molecular weight excluding hydrogens is 330 g/mol. The van der Waals surface area contributed by atoms with Gasteiger partial charge in [0.05, 0.1) is 17.5 Å². The molecule has 0 aliphatic carbocycles. The van der Waals surface area contributed by atoms with Crippen molar-refractivity contribution in [3.63, 3.8) is 0 Å². The molecule has 0 unspecified atom stereocenters. The van der Waals surface area contributed by atoms with E-state index in [1.165, 1.54) is 19.2 Å².